The van der Waals surface area contributed by atoms with Crippen molar-refractivity contribution >= 4 is 57.5 Å². The van der Waals surface area contributed by atoms with Crippen LogP contribution in [-0.2, 0) is 11.8 Å². The number of thioether (sulfide) groups is 1. The lowest BCUT2D eigenvalue weighted by atomic mass is 10.2. The van der Waals surface area contributed by atoms with Gasteiger partial charge in [0.1, 0.15) is 5.58 Å². The van der Waals surface area contributed by atoms with Gasteiger partial charge in [0.25, 0.3) is 0 Å². The minimum absolute atomic E-state index is 0.148. The van der Waals surface area contributed by atoms with Gasteiger partial charge in [-0.05, 0) is 24.3 Å². The number of fused-ring (bicyclic) bond motifs is 1. The number of anilines is 1. The lowest BCUT2D eigenvalue weighted by molar-refractivity contribution is -0.113. The Morgan fingerprint density at radius 2 is 2.00 bits per heavy atom. The van der Waals surface area contributed by atoms with Crippen LogP contribution in [0.1, 0.15) is 0 Å². The number of rotatable bonds is 5. The summed E-state index contributed by atoms with van der Waals surface area (Å²) in [7, 11) is 1.83. The summed E-state index contributed by atoms with van der Waals surface area (Å²) in [5.41, 5.74) is 1.26. The Labute approximate surface area is 174 Å². The van der Waals surface area contributed by atoms with Crippen LogP contribution in [0.25, 0.3) is 22.6 Å². The molecule has 0 saturated heterocycles. The molecule has 0 aliphatic carbocycles. The van der Waals surface area contributed by atoms with Gasteiger partial charge in [-0.3, -0.25) is 4.79 Å². The van der Waals surface area contributed by atoms with Gasteiger partial charge in [-0.1, -0.05) is 59.2 Å². The third kappa shape index (κ3) is 3.73. The molecular formula is C19H14Cl2N4O2S. The molecular weight excluding hydrogens is 419 g/mol. The van der Waals surface area contributed by atoms with Crippen molar-refractivity contribution in [2.24, 2.45) is 7.05 Å². The Hall–Kier alpha value is -2.48. The Balaban J connectivity index is 1.46. The molecule has 0 aliphatic rings. The molecule has 4 aromatic rings. The average molecular weight is 433 g/mol. The lowest BCUT2D eigenvalue weighted by Gasteiger charge is -2.08. The van der Waals surface area contributed by atoms with E-state index in [4.69, 9.17) is 27.6 Å². The highest BCUT2D eigenvalue weighted by atomic mass is 35.5. The van der Waals surface area contributed by atoms with Gasteiger partial charge in [-0.15, -0.1) is 10.2 Å². The molecule has 1 amide bonds. The first-order valence-corrected chi connectivity index (χ1v) is 10.0. The summed E-state index contributed by atoms with van der Waals surface area (Å²) < 4.78 is 7.63. The van der Waals surface area contributed by atoms with E-state index < -0.39 is 0 Å². The molecule has 0 unspecified atom stereocenters. The first-order chi connectivity index (χ1) is 13.5. The Morgan fingerprint density at radius 3 is 2.82 bits per heavy atom. The number of carbonyl (C=O) groups excluding carboxylic acids is 1. The number of hydrogen-bond acceptors (Lipinski definition) is 5. The molecule has 0 fully saturated rings. The number of nitrogens with zero attached hydrogens (tertiary/aromatic N) is 3. The summed E-state index contributed by atoms with van der Waals surface area (Å²) in [4.78, 5) is 12.2. The molecule has 0 aliphatic heterocycles. The van der Waals surface area contributed by atoms with Gasteiger partial charge in [0, 0.05) is 12.4 Å². The SMILES string of the molecule is Cn1c(SCC(=O)Nc2cccc(Cl)c2Cl)nnc1-c1cc2ccccc2o1. The fourth-order valence-electron chi connectivity index (χ4n) is 2.66. The van der Waals surface area contributed by atoms with Crippen molar-refractivity contribution < 1.29 is 9.21 Å². The van der Waals surface area contributed by atoms with Crippen LogP contribution in [0.2, 0.25) is 10.0 Å². The highest BCUT2D eigenvalue weighted by molar-refractivity contribution is 7.99. The second-order valence-electron chi connectivity index (χ2n) is 5.95. The minimum Gasteiger partial charge on any atom is -0.453 e. The number of para-hydroxylation sites is 1. The van der Waals surface area contributed by atoms with Gasteiger partial charge < -0.3 is 14.3 Å². The van der Waals surface area contributed by atoms with Crippen LogP contribution >= 0.6 is 35.0 Å². The van der Waals surface area contributed by atoms with Crippen LogP contribution in [0.3, 0.4) is 0 Å². The van der Waals surface area contributed by atoms with Gasteiger partial charge >= 0.3 is 0 Å². The quantitative estimate of drug-likeness (QED) is 0.435. The zero-order valence-corrected chi connectivity index (χ0v) is 17.0. The molecule has 0 radical (unpaired) electrons. The molecule has 142 valence electrons. The number of hydrogen-bond donors (Lipinski definition) is 1. The lowest BCUT2D eigenvalue weighted by Crippen LogP contribution is -2.14. The maximum atomic E-state index is 12.2. The largest absolute Gasteiger partial charge is 0.453 e. The maximum Gasteiger partial charge on any atom is 0.234 e. The molecule has 2 aromatic carbocycles. The van der Waals surface area contributed by atoms with Crippen molar-refractivity contribution in [3.05, 3.63) is 58.6 Å². The summed E-state index contributed by atoms with van der Waals surface area (Å²) in [5, 5.41) is 13.4. The number of furan rings is 1. The number of halogens is 2. The monoisotopic (exact) mass is 432 g/mol. The van der Waals surface area contributed by atoms with E-state index in [2.05, 4.69) is 15.5 Å². The van der Waals surface area contributed by atoms with Crippen LogP contribution in [0.5, 0.6) is 0 Å². The highest BCUT2D eigenvalue weighted by Gasteiger charge is 2.17. The molecule has 2 heterocycles. The van der Waals surface area contributed by atoms with Crippen molar-refractivity contribution in [3.8, 4) is 11.6 Å². The summed E-state index contributed by atoms with van der Waals surface area (Å²) in [6.45, 7) is 0. The molecule has 28 heavy (non-hydrogen) atoms. The topological polar surface area (TPSA) is 73.0 Å². The van der Waals surface area contributed by atoms with Crippen molar-refractivity contribution in [2.45, 2.75) is 5.16 Å². The second kappa shape index (κ2) is 7.87. The van der Waals surface area contributed by atoms with Crippen LogP contribution in [0, 0.1) is 0 Å². The predicted molar refractivity (Wildman–Crippen MR) is 112 cm³/mol. The van der Waals surface area contributed by atoms with Crippen LogP contribution in [-0.4, -0.2) is 26.4 Å². The van der Waals surface area contributed by atoms with E-state index in [-0.39, 0.29) is 11.7 Å². The average Bonchev–Trinajstić information content (AvgIpc) is 3.27. The molecule has 2 aromatic heterocycles. The second-order valence-corrected chi connectivity index (χ2v) is 7.68. The number of aromatic nitrogens is 3. The van der Waals surface area contributed by atoms with E-state index in [1.54, 1.807) is 22.8 Å². The van der Waals surface area contributed by atoms with Crippen molar-refractivity contribution in [3.63, 3.8) is 0 Å². The molecule has 0 spiro atoms. The maximum absolute atomic E-state index is 12.2. The van der Waals surface area contributed by atoms with E-state index >= 15 is 0 Å². The molecule has 6 nitrogen and oxygen atoms in total. The Morgan fingerprint density at radius 1 is 1.18 bits per heavy atom. The van der Waals surface area contributed by atoms with Crippen molar-refractivity contribution in [1.82, 2.24) is 14.8 Å². The van der Waals surface area contributed by atoms with Crippen LogP contribution in [0.4, 0.5) is 5.69 Å². The van der Waals surface area contributed by atoms with E-state index in [1.807, 2.05) is 37.4 Å². The first kappa shape index (κ1) is 18.9. The molecule has 4 rings (SSSR count). The standard InChI is InChI=1S/C19H14Cl2N4O2S/c1-25-18(15-9-11-5-2-3-8-14(11)27-15)23-24-19(25)28-10-16(26)22-13-7-4-6-12(20)17(13)21/h2-9H,10H2,1H3,(H,22,26). The third-order valence-electron chi connectivity index (χ3n) is 4.04. The fourth-order valence-corrected chi connectivity index (χ4v) is 3.72. The molecule has 0 atom stereocenters. The van der Waals surface area contributed by atoms with E-state index in [9.17, 15) is 4.79 Å². The van der Waals surface area contributed by atoms with E-state index in [1.165, 1.54) is 11.8 Å². The van der Waals surface area contributed by atoms with E-state index in [0.717, 1.165) is 11.0 Å². The Bertz CT molecular complexity index is 1140. The van der Waals surface area contributed by atoms with Gasteiger partial charge in [-0.2, -0.15) is 0 Å². The number of carbonyl (C=O) groups is 1. The first-order valence-electron chi connectivity index (χ1n) is 8.28. The highest BCUT2D eigenvalue weighted by Crippen LogP contribution is 2.30. The number of nitrogens with one attached hydrogen (secondary N) is 1. The molecule has 1 N–H and O–H groups in total. The van der Waals surface area contributed by atoms with E-state index in [0.29, 0.717) is 32.5 Å². The van der Waals surface area contributed by atoms with Crippen molar-refractivity contribution in [2.75, 3.05) is 11.1 Å². The summed E-state index contributed by atoms with van der Waals surface area (Å²) in [6, 6.07) is 14.7. The fraction of sp³-hybridized carbons (Fsp3) is 0.105. The summed E-state index contributed by atoms with van der Waals surface area (Å²) >= 11 is 13.3. The van der Waals surface area contributed by atoms with Gasteiger partial charge in [0.05, 0.1) is 21.5 Å². The zero-order valence-electron chi connectivity index (χ0n) is 14.6. The molecule has 0 bridgehead atoms. The predicted octanol–water partition coefficient (Wildman–Crippen LogP) is 5.27. The van der Waals surface area contributed by atoms with Crippen LogP contribution < -0.4 is 5.32 Å². The zero-order chi connectivity index (χ0) is 19.7. The van der Waals surface area contributed by atoms with Gasteiger partial charge in [0.2, 0.25) is 5.91 Å². The smallest absolute Gasteiger partial charge is 0.234 e. The number of benzene rings is 2. The summed E-state index contributed by atoms with van der Waals surface area (Å²) in [5.74, 6) is 1.15. The summed E-state index contributed by atoms with van der Waals surface area (Å²) in [6.07, 6.45) is 0. The third-order valence-corrected chi connectivity index (χ3v) is 5.88. The number of amides is 1. The molecule has 9 heteroatoms. The van der Waals surface area contributed by atoms with Crippen LogP contribution in [0.15, 0.2) is 58.1 Å². The Kier molecular flexibility index (Phi) is 5.30. The minimum atomic E-state index is -0.220. The van der Waals surface area contributed by atoms with Crippen molar-refractivity contribution in [1.29, 1.82) is 0 Å². The van der Waals surface area contributed by atoms with Gasteiger partial charge in [-0.25, -0.2) is 0 Å². The molecule has 0 saturated carbocycles. The normalized spacial score (nSPS) is 11.1. The van der Waals surface area contributed by atoms with Gasteiger partial charge in [0.15, 0.2) is 16.7 Å².